The van der Waals surface area contributed by atoms with Gasteiger partial charge in [-0.25, -0.2) is 0 Å². The van der Waals surface area contributed by atoms with Crippen LogP contribution in [0.2, 0.25) is 0 Å². The molecule has 1 amide bonds. The first-order valence-electron chi connectivity index (χ1n) is 3.48. The van der Waals surface area contributed by atoms with Crippen molar-refractivity contribution in [3.8, 4) is 0 Å². The number of rotatable bonds is 3. The molecule has 0 atom stereocenters. The maximum atomic E-state index is 10.9. The van der Waals surface area contributed by atoms with Crippen molar-refractivity contribution >= 4 is 38.9 Å². The molecule has 1 aromatic rings. The Kier molecular flexibility index (Phi) is 3.11. The second kappa shape index (κ2) is 3.91. The molecule has 12 heavy (non-hydrogen) atoms. The minimum Gasteiger partial charge on any atom is -0.384 e. The van der Waals surface area contributed by atoms with Crippen LogP contribution in [-0.2, 0) is 0 Å². The summed E-state index contributed by atoms with van der Waals surface area (Å²) < 4.78 is 0.909. The van der Waals surface area contributed by atoms with E-state index in [1.807, 2.05) is 13.0 Å². The summed E-state index contributed by atoms with van der Waals surface area (Å²) in [5.41, 5.74) is 5.98. The van der Waals surface area contributed by atoms with E-state index in [4.69, 9.17) is 5.73 Å². The maximum absolute atomic E-state index is 10.9. The summed E-state index contributed by atoms with van der Waals surface area (Å²) in [4.78, 5) is 11.5. The SMILES string of the molecule is CCNc1cc(Br)sc1C(N)=O. The van der Waals surface area contributed by atoms with Crippen LogP contribution in [0.1, 0.15) is 16.6 Å². The normalized spacial score (nSPS) is 9.83. The van der Waals surface area contributed by atoms with Gasteiger partial charge in [0.25, 0.3) is 5.91 Å². The quantitative estimate of drug-likeness (QED) is 0.861. The second-order valence-corrected chi connectivity index (χ2v) is 4.62. The number of hydrogen-bond acceptors (Lipinski definition) is 3. The van der Waals surface area contributed by atoms with Gasteiger partial charge in [0.15, 0.2) is 0 Å². The van der Waals surface area contributed by atoms with E-state index in [-0.39, 0.29) is 5.91 Å². The van der Waals surface area contributed by atoms with Gasteiger partial charge in [-0.15, -0.1) is 11.3 Å². The van der Waals surface area contributed by atoms with Crippen LogP contribution in [0.25, 0.3) is 0 Å². The summed E-state index contributed by atoms with van der Waals surface area (Å²) in [7, 11) is 0. The van der Waals surface area contributed by atoms with Gasteiger partial charge in [0.2, 0.25) is 0 Å². The minimum atomic E-state index is -0.387. The number of thiophene rings is 1. The fourth-order valence-corrected chi connectivity index (χ4v) is 2.29. The Morgan fingerprint density at radius 3 is 3.00 bits per heavy atom. The highest BCUT2D eigenvalue weighted by Gasteiger charge is 2.11. The minimum absolute atomic E-state index is 0.387. The van der Waals surface area contributed by atoms with E-state index in [0.717, 1.165) is 16.0 Å². The van der Waals surface area contributed by atoms with Crippen LogP contribution in [0.5, 0.6) is 0 Å². The number of hydrogen-bond donors (Lipinski definition) is 2. The maximum Gasteiger partial charge on any atom is 0.260 e. The van der Waals surface area contributed by atoms with Crippen LogP contribution >= 0.6 is 27.3 Å². The van der Waals surface area contributed by atoms with E-state index in [1.54, 1.807) is 0 Å². The molecule has 1 rings (SSSR count). The Morgan fingerprint density at radius 2 is 2.50 bits per heavy atom. The number of carbonyl (C=O) groups is 1. The summed E-state index contributed by atoms with van der Waals surface area (Å²) in [5, 5.41) is 3.06. The Bertz CT molecular complexity index is 298. The standard InChI is InChI=1S/C7H9BrN2OS/c1-2-10-4-3-5(8)12-6(4)7(9)11/h3,10H,2H2,1H3,(H2,9,11). The van der Waals surface area contributed by atoms with Crippen LogP contribution in [0, 0.1) is 0 Å². The van der Waals surface area contributed by atoms with Crippen molar-refractivity contribution in [1.29, 1.82) is 0 Å². The van der Waals surface area contributed by atoms with Crippen LogP contribution < -0.4 is 11.1 Å². The molecule has 0 aliphatic rings. The molecule has 0 radical (unpaired) electrons. The molecule has 0 saturated heterocycles. The fourth-order valence-electron chi connectivity index (χ4n) is 0.866. The van der Waals surface area contributed by atoms with Crippen molar-refractivity contribution in [3.63, 3.8) is 0 Å². The zero-order valence-electron chi connectivity index (χ0n) is 6.56. The molecule has 0 spiro atoms. The lowest BCUT2D eigenvalue weighted by Crippen LogP contribution is -2.11. The summed E-state index contributed by atoms with van der Waals surface area (Å²) >= 11 is 4.63. The molecule has 0 aliphatic carbocycles. The number of nitrogens with one attached hydrogen (secondary N) is 1. The number of primary amides is 1. The van der Waals surface area contributed by atoms with Gasteiger partial charge in [-0.1, -0.05) is 0 Å². The molecule has 0 aliphatic heterocycles. The van der Waals surface area contributed by atoms with Crippen molar-refractivity contribution < 1.29 is 4.79 Å². The summed E-state index contributed by atoms with van der Waals surface area (Å²) in [6.07, 6.45) is 0. The Balaban J connectivity index is 2.99. The molecule has 1 heterocycles. The molecule has 5 heteroatoms. The molecule has 1 aromatic heterocycles. The van der Waals surface area contributed by atoms with Gasteiger partial charge in [0, 0.05) is 6.54 Å². The lowest BCUT2D eigenvalue weighted by Gasteiger charge is -1.99. The van der Waals surface area contributed by atoms with Gasteiger partial charge >= 0.3 is 0 Å². The van der Waals surface area contributed by atoms with Crippen molar-refractivity contribution in [2.24, 2.45) is 5.73 Å². The van der Waals surface area contributed by atoms with Crippen molar-refractivity contribution in [2.75, 3.05) is 11.9 Å². The monoisotopic (exact) mass is 248 g/mol. The van der Waals surface area contributed by atoms with Gasteiger partial charge in [-0.3, -0.25) is 4.79 Å². The largest absolute Gasteiger partial charge is 0.384 e. The first kappa shape index (κ1) is 9.54. The highest BCUT2D eigenvalue weighted by molar-refractivity contribution is 9.11. The van der Waals surface area contributed by atoms with E-state index < -0.39 is 0 Å². The summed E-state index contributed by atoms with van der Waals surface area (Å²) in [6, 6.07) is 1.86. The van der Waals surface area contributed by atoms with E-state index >= 15 is 0 Å². The molecular weight excluding hydrogens is 240 g/mol. The molecule has 3 N–H and O–H groups in total. The molecular formula is C7H9BrN2OS. The molecule has 0 saturated carbocycles. The first-order chi connectivity index (χ1) is 5.65. The lowest BCUT2D eigenvalue weighted by atomic mass is 10.4. The van der Waals surface area contributed by atoms with Crippen molar-refractivity contribution in [2.45, 2.75) is 6.92 Å². The summed E-state index contributed by atoms with van der Waals surface area (Å²) in [5.74, 6) is -0.387. The highest BCUT2D eigenvalue weighted by Crippen LogP contribution is 2.30. The second-order valence-electron chi connectivity index (χ2n) is 2.19. The van der Waals surface area contributed by atoms with E-state index in [2.05, 4.69) is 21.2 Å². The van der Waals surface area contributed by atoms with Crippen molar-refractivity contribution in [1.82, 2.24) is 0 Å². The number of halogens is 1. The molecule has 0 unspecified atom stereocenters. The van der Waals surface area contributed by atoms with Crippen LogP contribution in [-0.4, -0.2) is 12.5 Å². The van der Waals surface area contributed by atoms with Gasteiger partial charge in [0.05, 0.1) is 9.47 Å². The third kappa shape index (κ3) is 1.98. The number of amides is 1. The average molecular weight is 249 g/mol. The number of carbonyl (C=O) groups excluding carboxylic acids is 1. The topological polar surface area (TPSA) is 55.1 Å². The van der Waals surface area contributed by atoms with E-state index in [1.165, 1.54) is 11.3 Å². The molecule has 3 nitrogen and oxygen atoms in total. The Labute approximate surface area is 83.1 Å². The Morgan fingerprint density at radius 1 is 1.83 bits per heavy atom. The first-order valence-corrected chi connectivity index (χ1v) is 5.09. The molecule has 0 bridgehead atoms. The smallest absolute Gasteiger partial charge is 0.260 e. The molecule has 0 aromatic carbocycles. The zero-order chi connectivity index (χ0) is 9.14. The van der Waals surface area contributed by atoms with Crippen molar-refractivity contribution in [3.05, 3.63) is 14.7 Å². The third-order valence-corrected chi connectivity index (χ3v) is 2.95. The van der Waals surface area contributed by atoms with E-state index in [0.29, 0.717) is 4.88 Å². The van der Waals surface area contributed by atoms with Crippen LogP contribution in [0.4, 0.5) is 5.69 Å². The lowest BCUT2D eigenvalue weighted by molar-refractivity contribution is 0.100. The van der Waals surface area contributed by atoms with Gasteiger partial charge < -0.3 is 11.1 Å². The van der Waals surface area contributed by atoms with Gasteiger partial charge in [-0.05, 0) is 28.9 Å². The van der Waals surface area contributed by atoms with Crippen LogP contribution in [0.3, 0.4) is 0 Å². The van der Waals surface area contributed by atoms with Gasteiger partial charge in [0.1, 0.15) is 4.88 Å². The highest BCUT2D eigenvalue weighted by atomic mass is 79.9. The molecule has 0 fully saturated rings. The number of anilines is 1. The fraction of sp³-hybridized carbons (Fsp3) is 0.286. The van der Waals surface area contributed by atoms with E-state index in [9.17, 15) is 4.79 Å². The average Bonchev–Trinajstić information content (AvgIpc) is 2.32. The van der Waals surface area contributed by atoms with Gasteiger partial charge in [-0.2, -0.15) is 0 Å². The van der Waals surface area contributed by atoms with Crippen LogP contribution in [0.15, 0.2) is 9.85 Å². The molecule has 66 valence electrons. The number of nitrogens with two attached hydrogens (primary N) is 1. The Hall–Kier alpha value is -0.550. The zero-order valence-corrected chi connectivity index (χ0v) is 8.96. The predicted octanol–water partition coefficient (Wildman–Crippen LogP) is 2.04. The third-order valence-electron chi connectivity index (χ3n) is 1.29. The summed E-state index contributed by atoms with van der Waals surface area (Å²) in [6.45, 7) is 2.75. The predicted molar refractivity (Wildman–Crippen MR) is 54.7 cm³/mol.